The van der Waals surface area contributed by atoms with E-state index in [-0.39, 0.29) is 12.1 Å². The highest BCUT2D eigenvalue weighted by atomic mass is 35.5. The highest BCUT2D eigenvalue weighted by Crippen LogP contribution is 2.45. The predicted octanol–water partition coefficient (Wildman–Crippen LogP) is 5.19. The molecule has 5 heteroatoms. The van der Waals surface area contributed by atoms with Crippen LogP contribution in [0.3, 0.4) is 0 Å². The van der Waals surface area contributed by atoms with Crippen LogP contribution >= 0.6 is 23.2 Å². The molecule has 0 amide bonds. The molecule has 23 heavy (non-hydrogen) atoms. The van der Waals surface area contributed by atoms with Crippen molar-refractivity contribution >= 4 is 34.6 Å². The molecule has 0 radical (unpaired) electrons. The third-order valence-electron chi connectivity index (χ3n) is 4.78. The van der Waals surface area contributed by atoms with Crippen LogP contribution < -0.4 is 5.32 Å². The highest BCUT2D eigenvalue weighted by Gasteiger charge is 2.43. The van der Waals surface area contributed by atoms with Gasteiger partial charge in [-0.3, -0.25) is 0 Å². The van der Waals surface area contributed by atoms with E-state index in [1.54, 1.807) is 0 Å². The summed E-state index contributed by atoms with van der Waals surface area (Å²) in [5, 5.41) is 9.12. The van der Waals surface area contributed by atoms with Crippen molar-refractivity contribution in [2.24, 2.45) is 5.16 Å². The minimum absolute atomic E-state index is 0.0541. The van der Waals surface area contributed by atoms with Gasteiger partial charge < -0.3 is 10.2 Å². The summed E-state index contributed by atoms with van der Waals surface area (Å²) in [6.45, 7) is 5.97. The minimum atomic E-state index is -0.167. The van der Waals surface area contributed by atoms with Crippen LogP contribution in [0.4, 0.5) is 5.69 Å². The summed E-state index contributed by atoms with van der Waals surface area (Å²) in [5.74, 6) is 0.0541. The van der Waals surface area contributed by atoms with Gasteiger partial charge in [0.2, 0.25) is 6.23 Å². The zero-order valence-electron chi connectivity index (χ0n) is 13.1. The van der Waals surface area contributed by atoms with Crippen molar-refractivity contribution < 1.29 is 4.84 Å². The molecule has 0 fully saturated rings. The fourth-order valence-corrected chi connectivity index (χ4v) is 4.02. The van der Waals surface area contributed by atoms with E-state index < -0.39 is 0 Å². The van der Waals surface area contributed by atoms with Gasteiger partial charge in [-0.2, -0.15) is 0 Å². The summed E-state index contributed by atoms with van der Waals surface area (Å²) in [5.41, 5.74) is 7.09. The van der Waals surface area contributed by atoms with Gasteiger partial charge in [0.1, 0.15) is 5.71 Å². The number of fused-ring (bicyclic) bond motifs is 3. The molecule has 3 nitrogen and oxygen atoms in total. The number of hydrogen-bond acceptors (Lipinski definition) is 3. The van der Waals surface area contributed by atoms with Gasteiger partial charge in [-0.1, -0.05) is 46.6 Å². The average Bonchev–Trinajstić information content (AvgIpc) is 3.11. The molecule has 0 aliphatic carbocycles. The number of hydrogen-bond donors (Lipinski definition) is 1. The number of nitrogens with zero attached hydrogens (tertiary/aromatic N) is 1. The quantitative estimate of drug-likeness (QED) is 0.770. The summed E-state index contributed by atoms with van der Waals surface area (Å²) in [6, 6.07) is 8.22. The number of rotatable bonds is 1. The lowest BCUT2D eigenvalue weighted by Gasteiger charge is -2.18. The van der Waals surface area contributed by atoms with Crippen molar-refractivity contribution in [2.75, 3.05) is 5.32 Å². The number of anilines is 1. The lowest BCUT2D eigenvalue weighted by molar-refractivity contribution is 0.102. The van der Waals surface area contributed by atoms with Crippen LogP contribution in [0.1, 0.15) is 33.7 Å². The molecule has 2 aliphatic heterocycles. The van der Waals surface area contributed by atoms with Crippen molar-refractivity contribution in [1.82, 2.24) is 0 Å². The molecular weight excluding hydrogens is 331 g/mol. The van der Waals surface area contributed by atoms with Crippen LogP contribution in [0.25, 0.3) is 0 Å². The smallest absolute Gasteiger partial charge is 0.210 e. The zero-order valence-corrected chi connectivity index (χ0v) is 14.6. The van der Waals surface area contributed by atoms with E-state index in [1.165, 1.54) is 5.56 Å². The van der Waals surface area contributed by atoms with Gasteiger partial charge in [-0.25, -0.2) is 0 Å². The molecular formula is C18H16Cl2N2O. The van der Waals surface area contributed by atoms with Gasteiger partial charge in [0, 0.05) is 21.3 Å². The van der Waals surface area contributed by atoms with Crippen LogP contribution in [-0.2, 0) is 4.84 Å². The number of nitrogens with one attached hydrogen (secondary N) is 1. The second kappa shape index (κ2) is 5.15. The summed E-state index contributed by atoms with van der Waals surface area (Å²) in [7, 11) is 0. The van der Waals surface area contributed by atoms with Crippen LogP contribution in [0.15, 0.2) is 29.4 Å². The van der Waals surface area contributed by atoms with Crippen molar-refractivity contribution in [3.8, 4) is 0 Å². The second-order valence-electron chi connectivity index (χ2n) is 6.09. The summed E-state index contributed by atoms with van der Waals surface area (Å²) in [4.78, 5) is 5.64. The molecule has 1 N–H and O–H groups in total. The second-order valence-corrected chi connectivity index (χ2v) is 6.85. The van der Waals surface area contributed by atoms with E-state index >= 15 is 0 Å². The molecule has 2 atom stereocenters. The van der Waals surface area contributed by atoms with E-state index in [2.05, 4.69) is 22.6 Å². The molecule has 2 heterocycles. The largest absolute Gasteiger partial charge is 0.369 e. The van der Waals surface area contributed by atoms with Crippen LogP contribution in [0.2, 0.25) is 10.0 Å². The van der Waals surface area contributed by atoms with Gasteiger partial charge in [0.25, 0.3) is 0 Å². The fourth-order valence-electron chi connectivity index (χ4n) is 3.59. The van der Waals surface area contributed by atoms with E-state index in [4.69, 9.17) is 28.0 Å². The Morgan fingerprint density at radius 1 is 1.00 bits per heavy atom. The first kappa shape index (κ1) is 14.9. The predicted molar refractivity (Wildman–Crippen MR) is 94.9 cm³/mol. The zero-order chi connectivity index (χ0) is 16.3. The molecule has 2 unspecified atom stereocenters. The maximum atomic E-state index is 6.49. The summed E-state index contributed by atoms with van der Waals surface area (Å²) in [6.07, 6.45) is -0.167. The van der Waals surface area contributed by atoms with Gasteiger partial charge in [0.15, 0.2) is 0 Å². The third kappa shape index (κ3) is 2.00. The standard InChI is InChI=1S/C18H16Cl2N2O/c1-8-13(9(2)16(20)10(3)15(8)19)17-14-11-6-4-5-7-12(11)21-18(14)23-22-17/h4-7,14,18,21H,1-3H3. The van der Waals surface area contributed by atoms with Crippen LogP contribution in [0, 0.1) is 20.8 Å². The lowest BCUT2D eigenvalue weighted by Crippen LogP contribution is -2.23. The maximum Gasteiger partial charge on any atom is 0.210 e. The Bertz CT molecular complexity index is 831. The number of halogens is 2. The Labute approximate surface area is 145 Å². The van der Waals surface area contributed by atoms with E-state index in [0.717, 1.165) is 33.7 Å². The molecule has 2 aliphatic rings. The molecule has 0 saturated carbocycles. The summed E-state index contributed by atoms with van der Waals surface area (Å²) < 4.78 is 0. The topological polar surface area (TPSA) is 33.6 Å². The molecule has 4 rings (SSSR count). The molecule has 0 saturated heterocycles. The van der Waals surface area contributed by atoms with Gasteiger partial charge in [0.05, 0.1) is 5.92 Å². The molecule has 0 bridgehead atoms. The minimum Gasteiger partial charge on any atom is -0.369 e. The lowest BCUT2D eigenvalue weighted by atomic mass is 9.86. The average molecular weight is 347 g/mol. The van der Waals surface area contributed by atoms with Crippen LogP contribution in [-0.4, -0.2) is 11.9 Å². The van der Waals surface area contributed by atoms with Crippen molar-refractivity contribution in [1.29, 1.82) is 0 Å². The first-order valence-electron chi connectivity index (χ1n) is 7.55. The van der Waals surface area contributed by atoms with Crippen molar-refractivity contribution in [3.63, 3.8) is 0 Å². The van der Waals surface area contributed by atoms with Gasteiger partial charge in [-0.15, -0.1) is 0 Å². The number of oxime groups is 1. The Kier molecular flexibility index (Phi) is 3.33. The third-order valence-corrected chi connectivity index (χ3v) is 5.91. The molecule has 118 valence electrons. The van der Waals surface area contributed by atoms with Gasteiger partial charge >= 0.3 is 0 Å². The Balaban J connectivity index is 1.91. The Morgan fingerprint density at radius 2 is 1.65 bits per heavy atom. The van der Waals surface area contributed by atoms with Crippen molar-refractivity contribution in [3.05, 3.63) is 62.1 Å². The fraction of sp³-hybridized carbons (Fsp3) is 0.278. The Hall–Kier alpha value is -1.71. The summed E-state index contributed by atoms with van der Waals surface area (Å²) >= 11 is 13.0. The molecule has 0 aromatic heterocycles. The SMILES string of the molecule is Cc1c(Cl)c(C)c(C2=NOC3Nc4ccccc4C23)c(C)c1Cl. The molecule has 2 aromatic carbocycles. The number of benzene rings is 2. The first-order valence-corrected chi connectivity index (χ1v) is 8.30. The van der Waals surface area contributed by atoms with Crippen molar-refractivity contribution in [2.45, 2.75) is 32.9 Å². The molecule has 2 aromatic rings. The van der Waals surface area contributed by atoms with Gasteiger partial charge in [-0.05, 0) is 49.1 Å². The number of para-hydroxylation sites is 1. The van der Waals surface area contributed by atoms with E-state index in [1.807, 2.05) is 32.9 Å². The van der Waals surface area contributed by atoms with E-state index in [0.29, 0.717) is 10.0 Å². The maximum absolute atomic E-state index is 6.49. The highest BCUT2D eigenvalue weighted by molar-refractivity contribution is 6.38. The van der Waals surface area contributed by atoms with Crippen LogP contribution in [0.5, 0.6) is 0 Å². The van der Waals surface area contributed by atoms with E-state index in [9.17, 15) is 0 Å². The monoisotopic (exact) mass is 346 g/mol. The normalized spacial score (nSPS) is 21.3. The first-order chi connectivity index (χ1) is 11.0. The molecule has 0 spiro atoms. The Morgan fingerprint density at radius 3 is 2.35 bits per heavy atom.